The van der Waals surface area contributed by atoms with Gasteiger partial charge in [-0.3, -0.25) is 4.79 Å². The summed E-state index contributed by atoms with van der Waals surface area (Å²) in [7, 11) is 1.47. The molecule has 0 saturated heterocycles. The molecule has 2 aliphatic rings. The molecule has 1 aliphatic heterocycles. The van der Waals surface area contributed by atoms with Gasteiger partial charge in [0.2, 0.25) is 0 Å². The van der Waals surface area contributed by atoms with Crippen LogP contribution in [-0.2, 0) is 11.8 Å². The first-order valence-electron chi connectivity index (χ1n) is 9.17. The average Bonchev–Trinajstić information content (AvgIpc) is 2.67. The molecule has 1 saturated carbocycles. The second-order valence-corrected chi connectivity index (χ2v) is 6.94. The van der Waals surface area contributed by atoms with E-state index in [1.54, 1.807) is 4.90 Å². The van der Waals surface area contributed by atoms with E-state index in [-0.39, 0.29) is 74.5 Å². The smallest absolute Gasteiger partial charge is 0.467 e. The number of nitrogens with two attached hydrogens (primary N) is 1. The van der Waals surface area contributed by atoms with Crippen LogP contribution < -0.4 is 66.8 Å². The standard InChI is InChI=1S/C19H19N5O2.K.NO3/c1-26-18-22-14-7-10-24(17(25)15(14)16(21)23-18)13-5-3-12(4-6-13)19(11-20)8-2-9-19;;2-1(3)4/h3-6H,2,7-10H2,1H3,(H2,21,22,23);;/q;+1;-1. The van der Waals surface area contributed by atoms with E-state index in [4.69, 9.17) is 25.8 Å². The predicted octanol–water partition coefficient (Wildman–Crippen LogP) is -1.02. The van der Waals surface area contributed by atoms with Crippen molar-refractivity contribution < 1.29 is 66.0 Å². The summed E-state index contributed by atoms with van der Waals surface area (Å²) in [5, 5.41) is 24.2. The van der Waals surface area contributed by atoms with E-state index in [1.807, 2.05) is 24.3 Å². The Morgan fingerprint density at radius 2 is 1.87 bits per heavy atom. The molecule has 1 aromatic carbocycles. The Hall–Kier alpha value is -2.30. The van der Waals surface area contributed by atoms with E-state index in [9.17, 15) is 10.1 Å². The second kappa shape index (κ2) is 10.3. The molecule has 1 amide bonds. The normalized spacial score (nSPS) is 15.7. The second-order valence-electron chi connectivity index (χ2n) is 6.94. The van der Waals surface area contributed by atoms with Crippen molar-refractivity contribution in [3.63, 3.8) is 0 Å². The quantitative estimate of drug-likeness (QED) is 0.349. The minimum absolute atomic E-state index is 0. The maximum Gasteiger partial charge on any atom is 1.00 e. The zero-order valence-electron chi connectivity index (χ0n) is 17.2. The predicted molar refractivity (Wildman–Crippen MR) is 106 cm³/mol. The molecular formula is C19H19KN6O5. The van der Waals surface area contributed by atoms with Crippen LogP contribution in [0.1, 0.15) is 40.9 Å². The molecule has 2 heterocycles. The van der Waals surface area contributed by atoms with Gasteiger partial charge in [-0.25, -0.2) is 0 Å². The number of amides is 1. The Labute approximate surface area is 220 Å². The summed E-state index contributed by atoms with van der Waals surface area (Å²) in [6.45, 7) is 0.508. The summed E-state index contributed by atoms with van der Waals surface area (Å²) in [5.41, 5.74) is 8.37. The number of benzene rings is 1. The van der Waals surface area contributed by atoms with Gasteiger partial charge in [-0.2, -0.15) is 15.2 Å². The topological polar surface area (TPSA) is 171 Å². The number of hydrogen-bond donors (Lipinski definition) is 1. The van der Waals surface area contributed by atoms with Gasteiger partial charge in [0.1, 0.15) is 11.4 Å². The van der Waals surface area contributed by atoms with Crippen LogP contribution in [0.4, 0.5) is 11.5 Å². The van der Waals surface area contributed by atoms with Gasteiger partial charge in [0, 0.05) is 18.7 Å². The summed E-state index contributed by atoms with van der Waals surface area (Å²) < 4.78 is 5.03. The molecule has 12 heteroatoms. The van der Waals surface area contributed by atoms with Gasteiger partial charge in [0.15, 0.2) is 0 Å². The first-order valence-corrected chi connectivity index (χ1v) is 9.17. The molecule has 0 atom stereocenters. The zero-order chi connectivity index (χ0) is 21.9. The van der Waals surface area contributed by atoms with Gasteiger partial charge in [-0.05, 0) is 37.0 Å². The van der Waals surface area contributed by atoms with Crippen LogP contribution in [0.25, 0.3) is 0 Å². The zero-order valence-corrected chi connectivity index (χ0v) is 20.3. The van der Waals surface area contributed by atoms with Crippen molar-refractivity contribution in [2.45, 2.75) is 31.1 Å². The molecule has 0 radical (unpaired) electrons. The van der Waals surface area contributed by atoms with E-state index in [0.29, 0.717) is 24.2 Å². The number of nitriles is 1. The van der Waals surface area contributed by atoms with Crippen molar-refractivity contribution in [2.24, 2.45) is 0 Å². The number of hydrogen-bond acceptors (Lipinski definition) is 9. The molecule has 156 valence electrons. The summed E-state index contributed by atoms with van der Waals surface area (Å²) >= 11 is 0. The summed E-state index contributed by atoms with van der Waals surface area (Å²) in [6, 6.07) is 10.3. The Morgan fingerprint density at radius 1 is 1.26 bits per heavy atom. The molecule has 0 spiro atoms. The molecule has 1 fully saturated rings. The Morgan fingerprint density at radius 3 is 2.35 bits per heavy atom. The van der Waals surface area contributed by atoms with Crippen molar-refractivity contribution in [1.82, 2.24) is 9.97 Å². The van der Waals surface area contributed by atoms with Crippen molar-refractivity contribution in [3.05, 3.63) is 56.4 Å². The van der Waals surface area contributed by atoms with Crippen LogP contribution in [-0.4, -0.2) is 34.6 Å². The number of nitrogens with zero attached hydrogens (tertiary/aromatic N) is 5. The van der Waals surface area contributed by atoms with Gasteiger partial charge >= 0.3 is 57.4 Å². The van der Waals surface area contributed by atoms with Gasteiger partial charge in [-0.15, -0.1) is 0 Å². The Balaban J connectivity index is 0.000000631. The van der Waals surface area contributed by atoms with Crippen LogP contribution in [0.2, 0.25) is 0 Å². The fourth-order valence-electron chi connectivity index (χ4n) is 3.66. The summed E-state index contributed by atoms with van der Waals surface area (Å²) in [4.78, 5) is 31.1. The maximum atomic E-state index is 12.9. The third-order valence-electron chi connectivity index (χ3n) is 5.36. The van der Waals surface area contributed by atoms with Crippen LogP contribution in [0.5, 0.6) is 6.01 Å². The molecule has 0 unspecified atom stereocenters. The van der Waals surface area contributed by atoms with E-state index in [0.717, 1.165) is 30.5 Å². The van der Waals surface area contributed by atoms with Gasteiger partial charge in [0.05, 0.1) is 29.4 Å². The van der Waals surface area contributed by atoms with Crippen molar-refractivity contribution in [1.29, 1.82) is 5.26 Å². The third kappa shape index (κ3) is 5.13. The first kappa shape index (κ1) is 25.0. The molecule has 11 nitrogen and oxygen atoms in total. The van der Waals surface area contributed by atoms with Gasteiger partial charge in [0.25, 0.3) is 5.91 Å². The van der Waals surface area contributed by atoms with E-state index in [2.05, 4.69) is 16.0 Å². The van der Waals surface area contributed by atoms with Crippen molar-refractivity contribution >= 4 is 17.4 Å². The molecule has 1 aromatic heterocycles. The SMILES string of the molecule is COc1nc(N)c2c(n1)CCN(c1ccc(C3(C#N)CCC3)cc1)C2=O.O=[N+]([O-])[O-].[K+]. The fourth-order valence-corrected chi connectivity index (χ4v) is 3.66. The van der Waals surface area contributed by atoms with Crippen LogP contribution in [0.15, 0.2) is 24.3 Å². The third-order valence-corrected chi connectivity index (χ3v) is 5.36. The first-order chi connectivity index (χ1) is 14.3. The van der Waals surface area contributed by atoms with E-state index in [1.165, 1.54) is 7.11 Å². The van der Waals surface area contributed by atoms with Crippen LogP contribution in [0, 0.1) is 26.7 Å². The number of ether oxygens (including phenoxy) is 1. The summed E-state index contributed by atoms with van der Waals surface area (Å²) in [5.74, 6) is -0.0751. The number of carbonyl (C=O) groups is 1. The van der Waals surface area contributed by atoms with Crippen LogP contribution in [0.3, 0.4) is 0 Å². The Bertz CT molecular complexity index is 1020. The Kier molecular flexibility index (Phi) is 8.32. The average molecular weight is 450 g/mol. The number of methoxy groups -OCH3 is 1. The van der Waals surface area contributed by atoms with Gasteiger partial charge < -0.3 is 30.7 Å². The van der Waals surface area contributed by atoms with Crippen molar-refractivity contribution in [2.75, 3.05) is 24.3 Å². The van der Waals surface area contributed by atoms with E-state index < -0.39 is 5.09 Å². The fraction of sp³-hybridized carbons (Fsp3) is 0.368. The van der Waals surface area contributed by atoms with Gasteiger partial charge in [-0.1, -0.05) is 12.1 Å². The summed E-state index contributed by atoms with van der Waals surface area (Å²) in [6.07, 6.45) is 3.45. The number of fused-ring (bicyclic) bond motifs is 1. The minimum atomic E-state index is -1.75. The monoisotopic (exact) mass is 450 g/mol. The molecule has 2 aromatic rings. The van der Waals surface area contributed by atoms with E-state index >= 15 is 0 Å². The molecule has 4 rings (SSSR count). The number of aromatic nitrogens is 2. The number of carbonyl (C=O) groups excluding carboxylic acids is 1. The van der Waals surface area contributed by atoms with Crippen molar-refractivity contribution in [3.8, 4) is 12.1 Å². The molecule has 31 heavy (non-hydrogen) atoms. The molecule has 2 N–H and O–H groups in total. The largest absolute Gasteiger partial charge is 1.00 e. The molecular weight excluding hydrogens is 431 g/mol. The number of nitrogen functional groups attached to an aromatic ring is 1. The maximum absolute atomic E-state index is 12.9. The molecule has 0 bridgehead atoms. The number of rotatable bonds is 3. The van der Waals surface area contributed by atoms with Crippen LogP contribution >= 0.6 is 0 Å². The minimum Gasteiger partial charge on any atom is -0.467 e. The number of anilines is 2. The molecule has 1 aliphatic carbocycles.